The molecule has 2 N–H and O–H groups in total. The van der Waals surface area contributed by atoms with Gasteiger partial charge in [-0.25, -0.2) is 4.79 Å². The van der Waals surface area contributed by atoms with Crippen molar-refractivity contribution in [2.24, 2.45) is 0 Å². The van der Waals surface area contributed by atoms with Gasteiger partial charge in [0.15, 0.2) is 0 Å². The lowest BCUT2D eigenvalue weighted by atomic mass is 9.98. The lowest BCUT2D eigenvalue weighted by molar-refractivity contribution is 0.0880. The number of benzene rings is 2. The Morgan fingerprint density at radius 1 is 1.03 bits per heavy atom. The van der Waals surface area contributed by atoms with E-state index >= 15 is 0 Å². The standard InChI is InChI=1S/C24H23N3O3.2ClH/c28-16-9-10-22(26-13-16)23-14-27(12-11-25-23)24(29)30-15-21-19-7-3-1-5-17(19)18-6-2-4-8-20(18)21;;/h1-10,13,21,23,25,28H,11-12,14-15H2;2*1H. The Morgan fingerprint density at radius 2 is 1.69 bits per heavy atom. The molecule has 6 nitrogen and oxygen atoms in total. The van der Waals surface area contributed by atoms with Crippen molar-refractivity contribution in [1.29, 1.82) is 0 Å². The van der Waals surface area contributed by atoms with Crippen LogP contribution in [0, 0.1) is 0 Å². The molecule has 5 rings (SSSR count). The van der Waals surface area contributed by atoms with Gasteiger partial charge in [0.05, 0.1) is 17.9 Å². The second-order valence-corrected chi connectivity index (χ2v) is 7.70. The van der Waals surface area contributed by atoms with Crippen LogP contribution in [-0.4, -0.2) is 47.3 Å². The minimum Gasteiger partial charge on any atom is -0.506 e. The summed E-state index contributed by atoms with van der Waals surface area (Å²) in [4.78, 5) is 18.8. The quantitative estimate of drug-likeness (QED) is 0.584. The Balaban J connectivity index is 0.00000144. The van der Waals surface area contributed by atoms with E-state index in [0.717, 1.165) is 5.69 Å². The van der Waals surface area contributed by atoms with Crippen LogP contribution in [0.15, 0.2) is 66.9 Å². The Labute approximate surface area is 199 Å². The predicted octanol–water partition coefficient (Wildman–Crippen LogP) is 4.53. The monoisotopic (exact) mass is 473 g/mol. The molecule has 1 amide bonds. The van der Waals surface area contributed by atoms with Crippen molar-refractivity contribution in [3.05, 3.63) is 83.7 Å². The fourth-order valence-electron chi connectivity index (χ4n) is 4.40. The van der Waals surface area contributed by atoms with Crippen molar-refractivity contribution in [3.8, 4) is 16.9 Å². The largest absolute Gasteiger partial charge is 0.506 e. The molecule has 1 saturated heterocycles. The number of hydrogen-bond donors (Lipinski definition) is 2. The number of nitrogens with zero attached hydrogens (tertiary/aromatic N) is 2. The molecule has 0 saturated carbocycles. The van der Waals surface area contributed by atoms with Crippen molar-refractivity contribution in [3.63, 3.8) is 0 Å². The SMILES string of the molecule is Cl.Cl.O=C(OCC1c2ccccc2-c2ccccc21)N1CCNC(c2ccc(O)cn2)C1. The highest BCUT2D eigenvalue weighted by atomic mass is 35.5. The minimum absolute atomic E-state index is 0. The summed E-state index contributed by atoms with van der Waals surface area (Å²) in [6, 6.07) is 19.9. The summed E-state index contributed by atoms with van der Waals surface area (Å²) in [5.41, 5.74) is 5.64. The highest BCUT2D eigenvalue weighted by molar-refractivity contribution is 5.85. The van der Waals surface area contributed by atoms with Gasteiger partial charge in [0, 0.05) is 25.6 Å². The average Bonchev–Trinajstić information content (AvgIpc) is 3.12. The number of halogens is 2. The van der Waals surface area contributed by atoms with Crippen LogP contribution in [0.2, 0.25) is 0 Å². The second kappa shape index (κ2) is 10.2. The van der Waals surface area contributed by atoms with Gasteiger partial charge in [-0.1, -0.05) is 48.5 Å². The van der Waals surface area contributed by atoms with E-state index in [4.69, 9.17) is 4.74 Å². The van der Waals surface area contributed by atoms with Crippen LogP contribution in [0.25, 0.3) is 11.1 Å². The molecular formula is C24H25Cl2N3O3. The van der Waals surface area contributed by atoms with Crippen LogP contribution in [-0.2, 0) is 4.74 Å². The van der Waals surface area contributed by atoms with Gasteiger partial charge in [-0.05, 0) is 34.4 Å². The van der Waals surface area contributed by atoms with Gasteiger partial charge in [-0.3, -0.25) is 4.98 Å². The third-order valence-corrected chi connectivity index (χ3v) is 5.90. The van der Waals surface area contributed by atoms with Crippen LogP contribution < -0.4 is 5.32 Å². The number of ether oxygens (including phenoxy) is 1. The molecule has 1 aliphatic heterocycles. The van der Waals surface area contributed by atoms with Gasteiger partial charge in [-0.15, -0.1) is 24.8 Å². The average molecular weight is 474 g/mol. The number of pyridine rings is 1. The number of aromatic hydroxyl groups is 1. The number of nitrogens with one attached hydrogen (secondary N) is 1. The first-order chi connectivity index (χ1) is 14.7. The van der Waals surface area contributed by atoms with E-state index in [2.05, 4.69) is 34.6 Å². The number of aromatic nitrogens is 1. The molecule has 0 spiro atoms. The van der Waals surface area contributed by atoms with E-state index in [-0.39, 0.29) is 48.6 Å². The van der Waals surface area contributed by atoms with Gasteiger partial charge >= 0.3 is 6.09 Å². The van der Waals surface area contributed by atoms with E-state index in [1.54, 1.807) is 17.0 Å². The third kappa shape index (κ3) is 4.53. The van der Waals surface area contributed by atoms with Crippen LogP contribution in [0.3, 0.4) is 0 Å². The van der Waals surface area contributed by atoms with E-state index in [9.17, 15) is 9.90 Å². The molecule has 3 aromatic rings. The zero-order chi connectivity index (χ0) is 20.5. The predicted molar refractivity (Wildman–Crippen MR) is 128 cm³/mol. The first-order valence-electron chi connectivity index (χ1n) is 10.2. The fraction of sp³-hybridized carbons (Fsp3) is 0.250. The maximum Gasteiger partial charge on any atom is 0.409 e. The van der Waals surface area contributed by atoms with E-state index in [1.807, 2.05) is 24.3 Å². The van der Waals surface area contributed by atoms with Gasteiger partial charge in [0.2, 0.25) is 0 Å². The number of hydrogen-bond acceptors (Lipinski definition) is 5. The van der Waals surface area contributed by atoms with Gasteiger partial charge in [-0.2, -0.15) is 0 Å². The van der Waals surface area contributed by atoms with Crippen LogP contribution >= 0.6 is 24.8 Å². The maximum absolute atomic E-state index is 12.8. The molecule has 0 bridgehead atoms. The summed E-state index contributed by atoms with van der Waals surface area (Å²) in [5, 5.41) is 12.8. The summed E-state index contributed by atoms with van der Waals surface area (Å²) < 4.78 is 5.78. The maximum atomic E-state index is 12.8. The summed E-state index contributed by atoms with van der Waals surface area (Å²) in [6.07, 6.45) is 1.12. The summed E-state index contributed by atoms with van der Waals surface area (Å²) in [7, 11) is 0. The number of carbonyl (C=O) groups is 1. The number of rotatable bonds is 3. The molecule has 1 unspecified atom stereocenters. The number of amides is 1. The minimum atomic E-state index is -0.304. The summed E-state index contributed by atoms with van der Waals surface area (Å²) in [6.45, 7) is 2.05. The van der Waals surface area contributed by atoms with Crippen molar-refractivity contribution in [1.82, 2.24) is 15.2 Å². The molecular weight excluding hydrogens is 449 g/mol. The fourth-order valence-corrected chi connectivity index (χ4v) is 4.40. The number of fused-ring (bicyclic) bond motifs is 3. The highest BCUT2D eigenvalue weighted by Crippen LogP contribution is 2.44. The second-order valence-electron chi connectivity index (χ2n) is 7.70. The first kappa shape index (κ1) is 23.9. The van der Waals surface area contributed by atoms with Crippen molar-refractivity contribution in [2.45, 2.75) is 12.0 Å². The molecule has 1 aromatic heterocycles. The Hall–Kier alpha value is -2.80. The van der Waals surface area contributed by atoms with E-state index in [1.165, 1.54) is 28.5 Å². The Morgan fingerprint density at radius 3 is 2.31 bits per heavy atom. The molecule has 1 atom stereocenters. The summed E-state index contributed by atoms with van der Waals surface area (Å²) >= 11 is 0. The zero-order valence-corrected chi connectivity index (χ0v) is 18.9. The Bertz CT molecular complexity index is 1030. The van der Waals surface area contributed by atoms with Crippen molar-refractivity contribution in [2.75, 3.05) is 26.2 Å². The highest BCUT2D eigenvalue weighted by Gasteiger charge is 2.31. The zero-order valence-electron chi connectivity index (χ0n) is 17.3. The lowest BCUT2D eigenvalue weighted by Crippen LogP contribution is -2.48. The molecule has 0 radical (unpaired) electrons. The van der Waals surface area contributed by atoms with E-state index < -0.39 is 0 Å². The van der Waals surface area contributed by atoms with Crippen LogP contribution in [0.1, 0.15) is 28.8 Å². The van der Waals surface area contributed by atoms with Crippen molar-refractivity contribution >= 4 is 30.9 Å². The normalized spacial score (nSPS) is 16.9. The Kier molecular flexibility index (Phi) is 7.61. The van der Waals surface area contributed by atoms with Crippen molar-refractivity contribution < 1.29 is 14.6 Å². The van der Waals surface area contributed by atoms with E-state index in [0.29, 0.717) is 26.2 Å². The molecule has 2 aliphatic rings. The van der Waals surface area contributed by atoms with Crippen LogP contribution in [0.5, 0.6) is 5.75 Å². The summed E-state index contributed by atoms with van der Waals surface area (Å²) in [5.74, 6) is 0.182. The smallest absolute Gasteiger partial charge is 0.409 e. The topological polar surface area (TPSA) is 74.7 Å². The molecule has 32 heavy (non-hydrogen) atoms. The molecule has 1 aliphatic carbocycles. The number of carbonyl (C=O) groups excluding carboxylic acids is 1. The third-order valence-electron chi connectivity index (χ3n) is 5.90. The van der Waals surface area contributed by atoms with Gasteiger partial charge < -0.3 is 20.1 Å². The molecule has 2 heterocycles. The van der Waals surface area contributed by atoms with Gasteiger partial charge in [0.25, 0.3) is 0 Å². The van der Waals surface area contributed by atoms with Gasteiger partial charge in [0.1, 0.15) is 12.4 Å². The van der Waals surface area contributed by atoms with Crippen LogP contribution in [0.4, 0.5) is 4.79 Å². The molecule has 2 aromatic carbocycles. The number of piperazine rings is 1. The molecule has 1 fully saturated rings. The lowest BCUT2D eigenvalue weighted by Gasteiger charge is -2.33. The molecule has 168 valence electrons. The molecule has 8 heteroatoms. The first-order valence-corrected chi connectivity index (χ1v) is 10.2.